The summed E-state index contributed by atoms with van der Waals surface area (Å²) in [6.07, 6.45) is 3.44. The first-order valence-corrected chi connectivity index (χ1v) is 9.64. The molecule has 0 bridgehead atoms. The number of nitrogens with one attached hydrogen (secondary N) is 2. The molecule has 0 saturated heterocycles. The summed E-state index contributed by atoms with van der Waals surface area (Å²) in [5, 5.41) is 5.38. The van der Waals surface area contributed by atoms with E-state index in [2.05, 4.69) is 15.6 Å². The largest absolute Gasteiger partial charge is 0.497 e. The summed E-state index contributed by atoms with van der Waals surface area (Å²) in [6, 6.07) is 12.6. The van der Waals surface area contributed by atoms with E-state index in [-0.39, 0.29) is 0 Å². The molecule has 0 unspecified atom stereocenters. The molecule has 0 spiro atoms. The molecule has 2 N–H and O–H groups in total. The van der Waals surface area contributed by atoms with Gasteiger partial charge in [0.05, 0.1) is 26.0 Å². The fourth-order valence-electron chi connectivity index (χ4n) is 3.17. The summed E-state index contributed by atoms with van der Waals surface area (Å²) < 4.78 is 15.8. The summed E-state index contributed by atoms with van der Waals surface area (Å²) in [6.45, 7) is 3.72. The van der Waals surface area contributed by atoms with E-state index in [9.17, 15) is 9.59 Å². The molecule has 0 radical (unpaired) electrons. The van der Waals surface area contributed by atoms with Crippen LogP contribution in [-0.2, 0) is 16.0 Å². The standard InChI is InChI=1S/C23H25N3O5/c1-23(2,12-15-5-8-17(29-3)9-6-15)26-22(28)21(27)25-16-7-10-18(19(11-16)30-4)20-13-24-14-31-20/h5-11,13-14H,12H2,1-4H3,(H,25,27)(H,26,28). The van der Waals surface area contributed by atoms with Crippen LogP contribution in [0.1, 0.15) is 19.4 Å². The Bertz CT molecular complexity index is 1040. The summed E-state index contributed by atoms with van der Waals surface area (Å²) in [4.78, 5) is 28.8. The van der Waals surface area contributed by atoms with Crippen LogP contribution >= 0.6 is 0 Å². The number of rotatable bonds is 7. The number of hydrogen-bond acceptors (Lipinski definition) is 6. The summed E-state index contributed by atoms with van der Waals surface area (Å²) in [7, 11) is 3.12. The van der Waals surface area contributed by atoms with E-state index in [4.69, 9.17) is 13.9 Å². The maximum Gasteiger partial charge on any atom is 0.313 e. The second-order valence-electron chi connectivity index (χ2n) is 7.60. The molecule has 0 aliphatic carbocycles. The average Bonchev–Trinajstić information content (AvgIpc) is 3.28. The van der Waals surface area contributed by atoms with Crippen molar-refractivity contribution in [1.29, 1.82) is 0 Å². The molecule has 2 aromatic carbocycles. The zero-order valence-electron chi connectivity index (χ0n) is 17.9. The Kier molecular flexibility index (Phi) is 6.59. The number of benzene rings is 2. The molecule has 0 aliphatic heterocycles. The minimum atomic E-state index is -0.766. The number of nitrogens with zero attached hydrogens (tertiary/aromatic N) is 1. The number of hydrogen-bond donors (Lipinski definition) is 2. The van der Waals surface area contributed by atoms with Gasteiger partial charge in [0.25, 0.3) is 0 Å². The van der Waals surface area contributed by atoms with Crippen molar-refractivity contribution in [1.82, 2.24) is 10.3 Å². The number of amides is 2. The van der Waals surface area contributed by atoms with E-state index in [0.29, 0.717) is 29.2 Å². The van der Waals surface area contributed by atoms with Crippen LogP contribution in [0.25, 0.3) is 11.3 Å². The normalized spacial score (nSPS) is 11.0. The number of ether oxygens (including phenoxy) is 2. The van der Waals surface area contributed by atoms with E-state index in [1.165, 1.54) is 13.5 Å². The molecule has 2 amide bonds. The van der Waals surface area contributed by atoms with Crippen molar-refractivity contribution in [3.63, 3.8) is 0 Å². The van der Waals surface area contributed by atoms with Crippen molar-refractivity contribution >= 4 is 17.5 Å². The Morgan fingerprint density at radius 1 is 1.03 bits per heavy atom. The zero-order valence-corrected chi connectivity index (χ0v) is 17.9. The topological polar surface area (TPSA) is 103 Å². The van der Waals surface area contributed by atoms with E-state index in [1.807, 2.05) is 38.1 Å². The fraction of sp³-hybridized carbons (Fsp3) is 0.261. The molecule has 8 nitrogen and oxygen atoms in total. The molecule has 0 saturated carbocycles. The van der Waals surface area contributed by atoms with E-state index in [0.717, 1.165) is 11.3 Å². The maximum absolute atomic E-state index is 12.5. The minimum absolute atomic E-state index is 0.424. The molecule has 0 atom stereocenters. The SMILES string of the molecule is COc1ccc(CC(C)(C)NC(=O)C(=O)Nc2ccc(-c3cnco3)c(OC)c2)cc1. The monoisotopic (exact) mass is 423 g/mol. The van der Waals surface area contributed by atoms with Crippen LogP contribution in [0, 0.1) is 0 Å². The molecular formula is C23H25N3O5. The molecular weight excluding hydrogens is 398 g/mol. The van der Waals surface area contributed by atoms with E-state index >= 15 is 0 Å². The minimum Gasteiger partial charge on any atom is -0.497 e. The number of anilines is 1. The van der Waals surface area contributed by atoms with Crippen molar-refractivity contribution < 1.29 is 23.5 Å². The number of methoxy groups -OCH3 is 2. The van der Waals surface area contributed by atoms with E-state index < -0.39 is 17.4 Å². The van der Waals surface area contributed by atoms with Crippen LogP contribution in [0.15, 0.2) is 59.5 Å². The van der Waals surface area contributed by atoms with Gasteiger partial charge in [-0.2, -0.15) is 0 Å². The van der Waals surface area contributed by atoms with Gasteiger partial charge in [-0.15, -0.1) is 0 Å². The number of carbonyl (C=O) groups excluding carboxylic acids is 2. The molecule has 8 heteroatoms. The fourth-order valence-corrected chi connectivity index (χ4v) is 3.17. The van der Waals surface area contributed by atoms with Crippen molar-refractivity contribution in [2.75, 3.05) is 19.5 Å². The molecule has 0 aliphatic rings. The molecule has 3 aromatic rings. The molecule has 1 aromatic heterocycles. The smallest absolute Gasteiger partial charge is 0.313 e. The lowest BCUT2D eigenvalue weighted by molar-refractivity contribution is -0.137. The van der Waals surface area contributed by atoms with Gasteiger partial charge >= 0.3 is 11.8 Å². The third-order valence-electron chi connectivity index (χ3n) is 4.62. The molecule has 162 valence electrons. The van der Waals surface area contributed by atoms with E-state index in [1.54, 1.807) is 31.5 Å². The van der Waals surface area contributed by atoms with Gasteiger partial charge in [0.1, 0.15) is 11.5 Å². The van der Waals surface area contributed by atoms with Gasteiger partial charge in [-0.3, -0.25) is 9.59 Å². The zero-order chi connectivity index (χ0) is 22.4. The predicted molar refractivity (Wildman–Crippen MR) is 116 cm³/mol. The van der Waals surface area contributed by atoms with Crippen molar-refractivity contribution in [3.8, 4) is 22.8 Å². The average molecular weight is 423 g/mol. The van der Waals surface area contributed by atoms with Gasteiger partial charge in [0, 0.05) is 17.3 Å². The quantitative estimate of drug-likeness (QED) is 0.565. The number of oxazole rings is 1. The van der Waals surface area contributed by atoms with Crippen LogP contribution in [0.5, 0.6) is 11.5 Å². The van der Waals surface area contributed by atoms with Crippen molar-refractivity contribution in [3.05, 3.63) is 60.6 Å². The predicted octanol–water partition coefficient (Wildman–Crippen LogP) is 3.43. The first-order valence-electron chi connectivity index (χ1n) is 9.64. The Morgan fingerprint density at radius 2 is 1.77 bits per heavy atom. The highest BCUT2D eigenvalue weighted by molar-refractivity contribution is 6.39. The first-order chi connectivity index (χ1) is 14.8. The number of aromatic nitrogens is 1. The lowest BCUT2D eigenvalue weighted by Gasteiger charge is -2.26. The van der Waals surface area contributed by atoms with Crippen molar-refractivity contribution in [2.45, 2.75) is 25.8 Å². The molecule has 0 fully saturated rings. The highest BCUT2D eigenvalue weighted by Gasteiger charge is 2.25. The summed E-state index contributed by atoms with van der Waals surface area (Å²) >= 11 is 0. The second-order valence-corrected chi connectivity index (χ2v) is 7.60. The highest BCUT2D eigenvalue weighted by Crippen LogP contribution is 2.32. The van der Waals surface area contributed by atoms with Crippen LogP contribution in [0.3, 0.4) is 0 Å². The summed E-state index contributed by atoms with van der Waals surface area (Å²) in [5.41, 5.74) is 1.49. The van der Waals surface area contributed by atoms with Crippen molar-refractivity contribution in [2.24, 2.45) is 0 Å². The van der Waals surface area contributed by atoms with Crippen LogP contribution < -0.4 is 20.1 Å². The van der Waals surface area contributed by atoms with Gasteiger partial charge < -0.3 is 24.5 Å². The van der Waals surface area contributed by atoms with Crippen LogP contribution in [-0.4, -0.2) is 36.6 Å². The van der Waals surface area contributed by atoms with Crippen LogP contribution in [0.4, 0.5) is 5.69 Å². The first kappa shape index (κ1) is 21.9. The summed E-state index contributed by atoms with van der Waals surface area (Å²) in [5.74, 6) is 0.284. The second kappa shape index (κ2) is 9.34. The molecule has 31 heavy (non-hydrogen) atoms. The van der Waals surface area contributed by atoms with Gasteiger partial charge in [0.2, 0.25) is 0 Å². The van der Waals surface area contributed by atoms with Gasteiger partial charge in [-0.05, 0) is 50.1 Å². The van der Waals surface area contributed by atoms with Gasteiger partial charge in [-0.1, -0.05) is 12.1 Å². The van der Waals surface area contributed by atoms with Gasteiger partial charge in [-0.25, -0.2) is 4.98 Å². The molecule has 1 heterocycles. The Hall–Kier alpha value is -3.81. The van der Waals surface area contributed by atoms with Crippen LogP contribution in [0.2, 0.25) is 0 Å². The Labute approximate surface area is 180 Å². The molecule has 3 rings (SSSR count). The Morgan fingerprint density at radius 3 is 2.39 bits per heavy atom. The third-order valence-corrected chi connectivity index (χ3v) is 4.62. The third kappa shape index (κ3) is 5.63. The lowest BCUT2D eigenvalue weighted by Crippen LogP contribution is -2.49. The lowest BCUT2D eigenvalue weighted by atomic mass is 9.95. The Balaban J connectivity index is 1.63. The highest BCUT2D eigenvalue weighted by atomic mass is 16.5. The van der Waals surface area contributed by atoms with Gasteiger partial charge in [0.15, 0.2) is 12.2 Å². The number of carbonyl (C=O) groups is 2. The maximum atomic E-state index is 12.5.